The van der Waals surface area contributed by atoms with Gasteiger partial charge < -0.3 is 4.42 Å². The van der Waals surface area contributed by atoms with E-state index in [0.717, 1.165) is 4.88 Å². The summed E-state index contributed by atoms with van der Waals surface area (Å²) in [5.41, 5.74) is 0.695. The lowest BCUT2D eigenvalue weighted by Crippen LogP contribution is -1.95. The predicted molar refractivity (Wildman–Crippen MR) is 54.2 cm³/mol. The van der Waals surface area contributed by atoms with Gasteiger partial charge in [-0.1, -0.05) is 6.07 Å². The summed E-state index contributed by atoms with van der Waals surface area (Å²) in [5.74, 6) is 0.687. The molecule has 0 fully saturated rings. The minimum Gasteiger partial charge on any atom is -0.444 e. The first-order valence-corrected chi connectivity index (χ1v) is 5.11. The lowest BCUT2D eigenvalue weighted by molar-refractivity contribution is -0.116. The van der Waals surface area contributed by atoms with E-state index in [4.69, 9.17) is 4.42 Å². The molecule has 0 saturated carbocycles. The number of rotatable bonds is 3. The van der Waals surface area contributed by atoms with Crippen LogP contribution < -0.4 is 0 Å². The summed E-state index contributed by atoms with van der Waals surface area (Å²) in [6.07, 6.45) is 1.88. The van der Waals surface area contributed by atoms with E-state index in [1.54, 1.807) is 18.3 Å². The fourth-order valence-electron chi connectivity index (χ4n) is 1.16. The maximum absolute atomic E-state index is 10.8. The molecule has 72 valence electrons. The van der Waals surface area contributed by atoms with Gasteiger partial charge in [0, 0.05) is 0 Å². The van der Waals surface area contributed by atoms with E-state index in [2.05, 4.69) is 4.98 Å². The molecule has 3 nitrogen and oxygen atoms in total. The Morgan fingerprint density at radius 1 is 1.64 bits per heavy atom. The van der Waals surface area contributed by atoms with Crippen LogP contribution in [0.1, 0.15) is 12.6 Å². The van der Waals surface area contributed by atoms with Crippen molar-refractivity contribution in [3.8, 4) is 10.8 Å². The van der Waals surface area contributed by atoms with Crippen LogP contribution in [0.25, 0.3) is 10.8 Å². The van der Waals surface area contributed by atoms with Crippen LogP contribution in [-0.2, 0) is 11.2 Å². The van der Waals surface area contributed by atoms with Crippen molar-refractivity contribution in [2.45, 2.75) is 13.3 Å². The monoisotopic (exact) mass is 207 g/mol. The Hall–Kier alpha value is -1.42. The van der Waals surface area contributed by atoms with Gasteiger partial charge in [0.1, 0.15) is 12.0 Å². The highest BCUT2D eigenvalue weighted by Crippen LogP contribution is 2.23. The molecule has 0 aliphatic heterocycles. The molecule has 0 aliphatic carbocycles. The second-order valence-electron chi connectivity index (χ2n) is 3.00. The van der Waals surface area contributed by atoms with Gasteiger partial charge in [-0.2, -0.15) is 0 Å². The van der Waals surface area contributed by atoms with Crippen molar-refractivity contribution in [1.82, 2.24) is 4.98 Å². The Kier molecular flexibility index (Phi) is 2.45. The summed E-state index contributed by atoms with van der Waals surface area (Å²) >= 11 is 1.57. The van der Waals surface area contributed by atoms with Crippen LogP contribution in [0.4, 0.5) is 0 Å². The van der Waals surface area contributed by atoms with E-state index >= 15 is 0 Å². The molecule has 0 spiro atoms. The van der Waals surface area contributed by atoms with Crippen molar-refractivity contribution in [2.24, 2.45) is 0 Å². The molecule has 0 aromatic carbocycles. The highest BCUT2D eigenvalue weighted by Gasteiger charge is 2.08. The van der Waals surface area contributed by atoms with E-state index in [1.807, 2.05) is 17.5 Å². The Balaban J connectivity index is 2.22. The minimum absolute atomic E-state index is 0.0935. The van der Waals surface area contributed by atoms with Crippen molar-refractivity contribution in [2.75, 3.05) is 0 Å². The lowest BCUT2D eigenvalue weighted by atomic mass is 10.2. The van der Waals surface area contributed by atoms with Gasteiger partial charge in [0.25, 0.3) is 0 Å². The Morgan fingerprint density at radius 2 is 2.50 bits per heavy atom. The molecule has 0 radical (unpaired) electrons. The van der Waals surface area contributed by atoms with Crippen molar-refractivity contribution in [1.29, 1.82) is 0 Å². The number of oxazole rings is 1. The molecule has 0 atom stereocenters. The first-order chi connectivity index (χ1) is 6.75. The van der Waals surface area contributed by atoms with Crippen LogP contribution in [0.2, 0.25) is 0 Å². The van der Waals surface area contributed by atoms with Crippen molar-refractivity contribution in [3.05, 3.63) is 29.5 Å². The summed E-state index contributed by atoms with van der Waals surface area (Å²) in [5, 5.41) is 1.96. The summed E-state index contributed by atoms with van der Waals surface area (Å²) in [6, 6.07) is 3.88. The third-order valence-corrected chi connectivity index (χ3v) is 2.57. The Bertz CT molecular complexity index is 431. The first-order valence-electron chi connectivity index (χ1n) is 4.23. The molecule has 2 aromatic heterocycles. The number of hydrogen-bond acceptors (Lipinski definition) is 4. The normalized spacial score (nSPS) is 10.4. The average molecular weight is 207 g/mol. The first kappa shape index (κ1) is 9.15. The SMILES string of the molecule is CC(=O)Cc1coc(-c2cccs2)n1. The average Bonchev–Trinajstić information content (AvgIpc) is 2.69. The standard InChI is InChI=1S/C10H9NO2S/c1-7(12)5-8-6-13-10(11-8)9-3-2-4-14-9/h2-4,6H,5H2,1H3. The number of carbonyl (C=O) groups is 1. The van der Waals surface area contributed by atoms with Crippen LogP contribution in [-0.4, -0.2) is 10.8 Å². The van der Waals surface area contributed by atoms with Crippen LogP contribution >= 0.6 is 11.3 Å². The van der Waals surface area contributed by atoms with Crippen LogP contribution in [0.5, 0.6) is 0 Å². The lowest BCUT2D eigenvalue weighted by Gasteiger charge is -1.86. The highest BCUT2D eigenvalue weighted by molar-refractivity contribution is 7.13. The number of nitrogens with zero attached hydrogens (tertiary/aromatic N) is 1. The fraction of sp³-hybridized carbons (Fsp3) is 0.200. The number of Topliss-reactive ketones (excluding diaryl/α,β-unsaturated/α-hetero) is 1. The second-order valence-corrected chi connectivity index (χ2v) is 3.95. The zero-order valence-corrected chi connectivity index (χ0v) is 8.50. The van der Waals surface area contributed by atoms with Crippen LogP contribution in [0.3, 0.4) is 0 Å². The fourth-order valence-corrected chi connectivity index (χ4v) is 1.81. The van der Waals surface area contributed by atoms with E-state index < -0.39 is 0 Å². The summed E-state index contributed by atoms with van der Waals surface area (Å²) < 4.78 is 5.26. The smallest absolute Gasteiger partial charge is 0.236 e. The van der Waals surface area contributed by atoms with Gasteiger partial charge in [0.05, 0.1) is 17.0 Å². The molecule has 0 unspecified atom stereocenters. The van der Waals surface area contributed by atoms with E-state index in [1.165, 1.54) is 6.26 Å². The van der Waals surface area contributed by atoms with Crippen molar-refractivity contribution < 1.29 is 9.21 Å². The number of hydrogen-bond donors (Lipinski definition) is 0. The maximum Gasteiger partial charge on any atom is 0.236 e. The Morgan fingerprint density at radius 3 is 3.14 bits per heavy atom. The van der Waals surface area contributed by atoms with Gasteiger partial charge in [-0.05, 0) is 18.4 Å². The van der Waals surface area contributed by atoms with E-state index in [0.29, 0.717) is 18.0 Å². The molecule has 2 rings (SSSR count). The summed E-state index contributed by atoms with van der Waals surface area (Å²) in [7, 11) is 0. The molecule has 0 saturated heterocycles. The van der Waals surface area contributed by atoms with Gasteiger partial charge >= 0.3 is 0 Å². The maximum atomic E-state index is 10.8. The van der Waals surface area contributed by atoms with Gasteiger partial charge in [0.15, 0.2) is 0 Å². The Labute approximate surface area is 85.4 Å². The zero-order chi connectivity index (χ0) is 9.97. The summed E-state index contributed by atoms with van der Waals surface area (Å²) in [4.78, 5) is 16.0. The molecule has 4 heteroatoms. The van der Waals surface area contributed by atoms with Gasteiger partial charge in [0.2, 0.25) is 5.89 Å². The molecule has 2 aromatic rings. The van der Waals surface area contributed by atoms with Gasteiger partial charge in [-0.25, -0.2) is 4.98 Å². The van der Waals surface area contributed by atoms with Crippen LogP contribution in [0.15, 0.2) is 28.2 Å². The van der Waals surface area contributed by atoms with Crippen LogP contribution in [0, 0.1) is 0 Å². The predicted octanol–water partition coefficient (Wildman–Crippen LogP) is 2.53. The molecule has 0 bridgehead atoms. The molecule has 0 aliphatic rings. The number of ketones is 1. The topological polar surface area (TPSA) is 43.1 Å². The quantitative estimate of drug-likeness (QED) is 0.776. The highest BCUT2D eigenvalue weighted by atomic mass is 32.1. The minimum atomic E-state index is 0.0935. The largest absolute Gasteiger partial charge is 0.444 e. The number of aromatic nitrogens is 1. The molecule has 2 heterocycles. The van der Waals surface area contributed by atoms with E-state index in [9.17, 15) is 4.79 Å². The number of thiophene rings is 1. The molecular formula is C10H9NO2S. The zero-order valence-electron chi connectivity index (χ0n) is 7.69. The molecule has 14 heavy (non-hydrogen) atoms. The van der Waals surface area contributed by atoms with E-state index in [-0.39, 0.29) is 5.78 Å². The molecule has 0 N–H and O–H groups in total. The van der Waals surface area contributed by atoms with Gasteiger partial charge in [-0.3, -0.25) is 4.79 Å². The summed E-state index contributed by atoms with van der Waals surface area (Å²) in [6.45, 7) is 1.54. The van der Waals surface area contributed by atoms with Gasteiger partial charge in [-0.15, -0.1) is 11.3 Å². The third-order valence-electron chi connectivity index (χ3n) is 1.71. The molecule has 0 amide bonds. The number of carbonyl (C=O) groups excluding carboxylic acids is 1. The third kappa shape index (κ3) is 1.90. The van der Waals surface area contributed by atoms with Crippen molar-refractivity contribution in [3.63, 3.8) is 0 Å². The second kappa shape index (κ2) is 3.75. The van der Waals surface area contributed by atoms with Crippen molar-refractivity contribution >= 4 is 17.1 Å². The molecular weight excluding hydrogens is 198 g/mol.